The van der Waals surface area contributed by atoms with Crippen molar-refractivity contribution < 1.29 is 5.11 Å². The maximum absolute atomic E-state index is 8.88. The molecule has 6 heteroatoms. The Morgan fingerprint density at radius 1 is 1.35 bits per heavy atom. The van der Waals surface area contributed by atoms with Crippen LogP contribution in [0.15, 0.2) is 24.5 Å². The zero-order valence-electron chi connectivity index (χ0n) is 9.91. The first-order valence-electron chi connectivity index (χ1n) is 5.31. The number of rotatable bonds is 4. The van der Waals surface area contributed by atoms with Crippen LogP contribution in [0.25, 0.3) is 0 Å². The standard InChI is InChI=1S/C11H15N5O/c1-15-6-5-12-11(15)7-16(2)10-4-3-9(8-17)13-14-10/h3-6,17H,7-8H2,1-2H3. The Labute approximate surface area is 99.5 Å². The van der Waals surface area contributed by atoms with Crippen molar-refractivity contribution in [1.82, 2.24) is 19.7 Å². The van der Waals surface area contributed by atoms with Gasteiger partial charge in [0, 0.05) is 26.5 Å². The molecule has 90 valence electrons. The average molecular weight is 233 g/mol. The zero-order valence-corrected chi connectivity index (χ0v) is 9.91. The summed E-state index contributed by atoms with van der Waals surface area (Å²) in [4.78, 5) is 6.20. The van der Waals surface area contributed by atoms with Crippen molar-refractivity contribution in [3.8, 4) is 0 Å². The molecule has 1 N–H and O–H groups in total. The maximum atomic E-state index is 8.88. The normalized spacial score (nSPS) is 10.5. The molecule has 2 aromatic rings. The number of aliphatic hydroxyl groups is 1. The predicted octanol–water partition coefficient (Wildman–Crippen LogP) is 0.339. The Bertz CT molecular complexity index is 479. The van der Waals surface area contributed by atoms with Crippen LogP contribution in [0.1, 0.15) is 11.5 Å². The van der Waals surface area contributed by atoms with Gasteiger partial charge in [0.15, 0.2) is 5.82 Å². The summed E-state index contributed by atoms with van der Waals surface area (Å²) >= 11 is 0. The van der Waals surface area contributed by atoms with Gasteiger partial charge in [0.25, 0.3) is 0 Å². The van der Waals surface area contributed by atoms with Crippen molar-refractivity contribution in [3.05, 3.63) is 36.0 Å². The molecule has 0 saturated heterocycles. The molecule has 0 fully saturated rings. The Kier molecular flexibility index (Phi) is 3.34. The van der Waals surface area contributed by atoms with E-state index in [1.807, 2.05) is 35.8 Å². The van der Waals surface area contributed by atoms with Crippen LogP contribution in [0.4, 0.5) is 5.82 Å². The third-order valence-corrected chi connectivity index (χ3v) is 2.56. The summed E-state index contributed by atoms with van der Waals surface area (Å²) in [7, 11) is 3.88. The zero-order chi connectivity index (χ0) is 12.3. The monoisotopic (exact) mass is 233 g/mol. The molecule has 0 aliphatic carbocycles. The van der Waals surface area contributed by atoms with Crippen LogP contribution in [0.5, 0.6) is 0 Å². The Morgan fingerprint density at radius 3 is 2.71 bits per heavy atom. The lowest BCUT2D eigenvalue weighted by molar-refractivity contribution is 0.275. The number of nitrogens with zero attached hydrogens (tertiary/aromatic N) is 5. The first kappa shape index (κ1) is 11.5. The predicted molar refractivity (Wildman–Crippen MR) is 63.3 cm³/mol. The third-order valence-electron chi connectivity index (χ3n) is 2.56. The average Bonchev–Trinajstić information content (AvgIpc) is 2.75. The van der Waals surface area contributed by atoms with Gasteiger partial charge in [0.05, 0.1) is 18.8 Å². The highest BCUT2D eigenvalue weighted by atomic mass is 16.3. The second-order valence-corrected chi connectivity index (χ2v) is 3.85. The van der Waals surface area contributed by atoms with Gasteiger partial charge in [-0.1, -0.05) is 0 Å². The molecule has 2 aromatic heterocycles. The fraction of sp³-hybridized carbons (Fsp3) is 0.364. The first-order chi connectivity index (χ1) is 8.20. The van der Waals surface area contributed by atoms with E-state index in [-0.39, 0.29) is 6.61 Å². The number of hydrogen-bond donors (Lipinski definition) is 1. The largest absolute Gasteiger partial charge is 0.390 e. The van der Waals surface area contributed by atoms with E-state index in [0.29, 0.717) is 12.2 Å². The van der Waals surface area contributed by atoms with Crippen molar-refractivity contribution in [2.75, 3.05) is 11.9 Å². The van der Waals surface area contributed by atoms with Crippen LogP contribution in [-0.2, 0) is 20.2 Å². The Morgan fingerprint density at radius 2 is 2.18 bits per heavy atom. The lowest BCUT2D eigenvalue weighted by Crippen LogP contribution is -2.20. The first-order valence-corrected chi connectivity index (χ1v) is 5.31. The number of imidazole rings is 1. The molecule has 0 radical (unpaired) electrons. The molecule has 0 unspecified atom stereocenters. The van der Waals surface area contributed by atoms with Gasteiger partial charge in [-0.15, -0.1) is 5.10 Å². The second-order valence-electron chi connectivity index (χ2n) is 3.85. The van der Waals surface area contributed by atoms with Gasteiger partial charge in [0.2, 0.25) is 0 Å². The van der Waals surface area contributed by atoms with Crippen LogP contribution in [0, 0.1) is 0 Å². The lowest BCUT2D eigenvalue weighted by atomic mass is 10.4. The van der Waals surface area contributed by atoms with Crippen molar-refractivity contribution in [2.45, 2.75) is 13.2 Å². The smallest absolute Gasteiger partial charge is 0.151 e. The summed E-state index contributed by atoms with van der Waals surface area (Å²) in [6, 6.07) is 3.60. The topological polar surface area (TPSA) is 67.1 Å². The highest BCUT2D eigenvalue weighted by molar-refractivity contribution is 5.36. The van der Waals surface area contributed by atoms with Crippen molar-refractivity contribution in [1.29, 1.82) is 0 Å². The fourth-order valence-corrected chi connectivity index (χ4v) is 1.48. The Hall–Kier alpha value is -1.95. The van der Waals surface area contributed by atoms with E-state index in [1.54, 1.807) is 12.3 Å². The van der Waals surface area contributed by atoms with E-state index in [0.717, 1.165) is 11.6 Å². The summed E-state index contributed by atoms with van der Waals surface area (Å²) in [5.41, 5.74) is 0.569. The minimum absolute atomic E-state index is 0.0869. The molecular formula is C11H15N5O. The molecule has 0 amide bonds. The number of anilines is 1. The van der Waals surface area contributed by atoms with Gasteiger partial charge in [-0.2, -0.15) is 5.10 Å². The highest BCUT2D eigenvalue weighted by Gasteiger charge is 2.07. The molecule has 17 heavy (non-hydrogen) atoms. The molecule has 0 bridgehead atoms. The molecule has 2 rings (SSSR count). The number of aromatic nitrogens is 4. The molecule has 0 aromatic carbocycles. The van der Waals surface area contributed by atoms with Crippen LogP contribution in [0.2, 0.25) is 0 Å². The van der Waals surface area contributed by atoms with E-state index in [4.69, 9.17) is 5.11 Å². The number of aliphatic hydroxyl groups excluding tert-OH is 1. The van der Waals surface area contributed by atoms with Crippen LogP contribution >= 0.6 is 0 Å². The molecule has 0 spiro atoms. The van der Waals surface area contributed by atoms with Gasteiger partial charge in [-0.05, 0) is 12.1 Å². The molecule has 0 saturated carbocycles. The molecular weight excluding hydrogens is 218 g/mol. The van der Waals surface area contributed by atoms with Gasteiger partial charge in [-0.25, -0.2) is 4.98 Å². The summed E-state index contributed by atoms with van der Waals surface area (Å²) in [5.74, 6) is 1.71. The van der Waals surface area contributed by atoms with Crippen LogP contribution < -0.4 is 4.90 Å². The van der Waals surface area contributed by atoms with Crippen LogP contribution in [0.3, 0.4) is 0 Å². The minimum atomic E-state index is -0.0869. The van der Waals surface area contributed by atoms with Gasteiger partial charge < -0.3 is 14.6 Å². The van der Waals surface area contributed by atoms with Crippen molar-refractivity contribution in [2.24, 2.45) is 7.05 Å². The van der Waals surface area contributed by atoms with E-state index in [9.17, 15) is 0 Å². The second kappa shape index (κ2) is 4.92. The number of aryl methyl sites for hydroxylation is 1. The van der Waals surface area contributed by atoms with Gasteiger partial charge >= 0.3 is 0 Å². The third kappa shape index (κ3) is 2.59. The summed E-state index contributed by atoms with van der Waals surface area (Å²) in [6.07, 6.45) is 3.67. The summed E-state index contributed by atoms with van der Waals surface area (Å²) in [6.45, 7) is 0.576. The summed E-state index contributed by atoms with van der Waals surface area (Å²) in [5, 5.41) is 16.8. The van der Waals surface area contributed by atoms with Crippen molar-refractivity contribution in [3.63, 3.8) is 0 Å². The van der Waals surface area contributed by atoms with Crippen molar-refractivity contribution >= 4 is 5.82 Å². The quantitative estimate of drug-likeness (QED) is 0.824. The fourth-order valence-electron chi connectivity index (χ4n) is 1.48. The summed E-state index contributed by atoms with van der Waals surface area (Å²) < 4.78 is 1.96. The Balaban J connectivity index is 2.09. The van der Waals surface area contributed by atoms with Gasteiger partial charge in [0.1, 0.15) is 5.82 Å². The lowest BCUT2D eigenvalue weighted by Gasteiger charge is -2.17. The van der Waals surface area contributed by atoms with E-state index >= 15 is 0 Å². The number of hydrogen-bond acceptors (Lipinski definition) is 5. The van der Waals surface area contributed by atoms with Gasteiger partial charge in [-0.3, -0.25) is 0 Å². The molecule has 0 aliphatic heterocycles. The molecule has 2 heterocycles. The maximum Gasteiger partial charge on any atom is 0.151 e. The van der Waals surface area contributed by atoms with E-state index < -0.39 is 0 Å². The molecule has 0 aliphatic rings. The molecule has 6 nitrogen and oxygen atoms in total. The van der Waals surface area contributed by atoms with E-state index in [1.165, 1.54) is 0 Å². The SMILES string of the molecule is CN(Cc1nccn1C)c1ccc(CO)nn1. The van der Waals surface area contributed by atoms with Crippen LogP contribution in [-0.4, -0.2) is 31.9 Å². The molecule has 0 atom stereocenters. The van der Waals surface area contributed by atoms with E-state index in [2.05, 4.69) is 15.2 Å². The minimum Gasteiger partial charge on any atom is -0.390 e. The highest BCUT2D eigenvalue weighted by Crippen LogP contribution is 2.10.